The molecule has 38 heavy (non-hydrogen) atoms. The highest BCUT2D eigenvalue weighted by Crippen LogP contribution is 2.46. The van der Waals surface area contributed by atoms with E-state index in [4.69, 9.17) is 4.98 Å². The zero-order valence-corrected chi connectivity index (χ0v) is 20.6. The molecule has 4 heterocycles. The zero-order valence-electron chi connectivity index (χ0n) is 20.6. The monoisotopic (exact) mass is 483 g/mol. The normalized spacial score (nSPS) is 12.6. The van der Waals surface area contributed by atoms with E-state index in [-0.39, 0.29) is 6.85 Å². The van der Waals surface area contributed by atoms with Gasteiger partial charge in [-0.1, -0.05) is 78.9 Å². The number of nitrogens with zero attached hydrogens (tertiary/aromatic N) is 3. The first-order chi connectivity index (χ1) is 18.9. The molecule has 0 atom stereocenters. The Labute approximate surface area is 222 Å². The van der Waals surface area contributed by atoms with E-state index in [1.54, 1.807) is 6.20 Å². The Morgan fingerprint density at radius 3 is 1.92 bits per heavy atom. The highest BCUT2D eigenvalue weighted by Gasteiger charge is 2.41. The Bertz CT molecular complexity index is 1850. The van der Waals surface area contributed by atoms with Crippen molar-refractivity contribution in [2.75, 3.05) is 4.81 Å². The van der Waals surface area contributed by atoms with Crippen LogP contribution in [0.3, 0.4) is 0 Å². The molecular formula is C34H22BN3. The van der Waals surface area contributed by atoms with Crippen molar-refractivity contribution >= 4 is 29.1 Å². The van der Waals surface area contributed by atoms with E-state index in [1.807, 2.05) is 24.4 Å². The van der Waals surface area contributed by atoms with Crippen molar-refractivity contribution in [2.24, 2.45) is 0 Å². The van der Waals surface area contributed by atoms with Crippen LogP contribution in [0.1, 0.15) is 0 Å². The van der Waals surface area contributed by atoms with Crippen LogP contribution in [0.25, 0.3) is 44.8 Å². The SMILES string of the molecule is c1cncc(-c2cccc(-c3ccc4c(c3)-c3ccccc3B3c5ccccc5-c5ccccc5N34)n2)c1. The van der Waals surface area contributed by atoms with E-state index in [1.165, 1.54) is 44.6 Å². The van der Waals surface area contributed by atoms with E-state index in [0.717, 1.165) is 22.5 Å². The Balaban J connectivity index is 1.34. The number of hydrogen-bond donors (Lipinski definition) is 0. The molecule has 176 valence electrons. The molecule has 2 aromatic heterocycles. The van der Waals surface area contributed by atoms with Crippen LogP contribution < -0.4 is 15.7 Å². The molecular weight excluding hydrogens is 461 g/mol. The number of benzene rings is 4. The van der Waals surface area contributed by atoms with Gasteiger partial charge in [0.1, 0.15) is 0 Å². The van der Waals surface area contributed by atoms with Gasteiger partial charge in [0, 0.05) is 46.0 Å². The Kier molecular flexibility index (Phi) is 4.62. The van der Waals surface area contributed by atoms with Crippen molar-refractivity contribution < 1.29 is 0 Å². The summed E-state index contributed by atoms with van der Waals surface area (Å²) in [6, 6.07) is 43.5. The van der Waals surface area contributed by atoms with Gasteiger partial charge >= 0.3 is 6.85 Å². The van der Waals surface area contributed by atoms with Gasteiger partial charge in [-0.05, 0) is 64.5 Å². The van der Waals surface area contributed by atoms with E-state index >= 15 is 0 Å². The fraction of sp³-hybridized carbons (Fsp3) is 0. The highest BCUT2D eigenvalue weighted by atomic mass is 15.1. The van der Waals surface area contributed by atoms with Crippen LogP contribution in [0.15, 0.2) is 134 Å². The van der Waals surface area contributed by atoms with Gasteiger partial charge in [0.25, 0.3) is 0 Å². The van der Waals surface area contributed by atoms with E-state index in [9.17, 15) is 0 Å². The summed E-state index contributed by atoms with van der Waals surface area (Å²) in [4.78, 5) is 11.8. The van der Waals surface area contributed by atoms with Gasteiger partial charge in [-0.25, -0.2) is 4.98 Å². The second kappa shape index (κ2) is 8.29. The molecule has 0 amide bonds. The molecule has 0 saturated carbocycles. The molecule has 0 fully saturated rings. The molecule has 0 aliphatic carbocycles. The molecule has 0 spiro atoms. The minimum absolute atomic E-state index is 0.127. The van der Waals surface area contributed by atoms with Gasteiger partial charge in [-0.2, -0.15) is 0 Å². The summed E-state index contributed by atoms with van der Waals surface area (Å²) in [6.45, 7) is 0.127. The lowest BCUT2D eigenvalue weighted by Gasteiger charge is -2.43. The first kappa shape index (κ1) is 21.2. The molecule has 0 N–H and O–H groups in total. The van der Waals surface area contributed by atoms with Crippen LogP contribution in [0, 0.1) is 0 Å². The number of rotatable bonds is 2. The van der Waals surface area contributed by atoms with Gasteiger partial charge in [0.05, 0.1) is 11.4 Å². The third-order valence-corrected chi connectivity index (χ3v) is 7.77. The Morgan fingerprint density at radius 2 is 1.16 bits per heavy atom. The van der Waals surface area contributed by atoms with Crippen LogP contribution >= 0.6 is 0 Å². The molecule has 3 nitrogen and oxygen atoms in total. The van der Waals surface area contributed by atoms with Crippen molar-refractivity contribution in [2.45, 2.75) is 0 Å². The van der Waals surface area contributed by atoms with Crippen LogP contribution in [-0.4, -0.2) is 16.8 Å². The molecule has 2 aliphatic heterocycles. The van der Waals surface area contributed by atoms with E-state index < -0.39 is 0 Å². The molecule has 4 heteroatoms. The molecule has 0 bridgehead atoms. The predicted molar refractivity (Wildman–Crippen MR) is 157 cm³/mol. The average molecular weight is 483 g/mol. The molecule has 0 unspecified atom stereocenters. The average Bonchev–Trinajstić information content (AvgIpc) is 3.01. The molecule has 4 aromatic carbocycles. The second-order valence-corrected chi connectivity index (χ2v) is 9.85. The number of para-hydroxylation sites is 1. The topological polar surface area (TPSA) is 29.0 Å². The smallest absolute Gasteiger partial charge is 0.329 e. The summed E-state index contributed by atoms with van der Waals surface area (Å²) in [5, 5.41) is 0. The van der Waals surface area contributed by atoms with Crippen molar-refractivity contribution in [3.05, 3.63) is 134 Å². The summed E-state index contributed by atoms with van der Waals surface area (Å²) in [6.07, 6.45) is 3.65. The minimum Gasteiger partial charge on any atom is -0.376 e. The summed E-state index contributed by atoms with van der Waals surface area (Å²) >= 11 is 0. The van der Waals surface area contributed by atoms with Crippen molar-refractivity contribution in [1.29, 1.82) is 0 Å². The van der Waals surface area contributed by atoms with Crippen molar-refractivity contribution in [3.63, 3.8) is 0 Å². The van der Waals surface area contributed by atoms with E-state index in [0.29, 0.717) is 0 Å². The summed E-state index contributed by atoms with van der Waals surface area (Å²) < 4.78 is 0. The first-order valence-corrected chi connectivity index (χ1v) is 13.0. The molecule has 0 radical (unpaired) electrons. The molecule has 8 rings (SSSR count). The largest absolute Gasteiger partial charge is 0.376 e. The van der Waals surface area contributed by atoms with E-state index in [2.05, 4.69) is 113 Å². The number of pyridine rings is 2. The maximum Gasteiger partial charge on any atom is 0.329 e. The number of aromatic nitrogens is 2. The lowest BCUT2D eigenvalue weighted by molar-refractivity contribution is 1.28. The zero-order chi connectivity index (χ0) is 25.1. The lowest BCUT2D eigenvalue weighted by Crippen LogP contribution is -2.59. The Morgan fingerprint density at radius 1 is 0.500 bits per heavy atom. The maximum atomic E-state index is 5.01. The van der Waals surface area contributed by atoms with Crippen LogP contribution in [-0.2, 0) is 0 Å². The standard InChI is InChI=1S/C34H22BN3/c1-4-13-29-25(10-1)27-12-3-6-17-33(27)38-34-19-18-23(21-28(34)26-11-2-5-14-30(26)35(29)38)31-15-7-16-32(37-31)24-9-8-20-36-22-24/h1-22H. The van der Waals surface area contributed by atoms with Crippen molar-refractivity contribution in [1.82, 2.24) is 9.97 Å². The van der Waals surface area contributed by atoms with Gasteiger partial charge in [-0.15, -0.1) is 0 Å². The summed E-state index contributed by atoms with van der Waals surface area (Å²) in [5.74, 6) is 0. The minimum atomic E-state index is 0.127. The van der Waals surface area contributed by atoms with Crippen LogP contribution in [0.4, 0.5) is 11.4 Å². The summed E-state index contributed by atoms with van der Waals surface area (Å²) in [7, 11) is 0. The fourth-order valence-electron chi connectivity index (χ4n) is 6.12. The Hall–Kier alpha value is -4.96. The number of fused-ring (bicyclic) bond motifs is 11. The second-order valence-electron chi connectivity index (χ2n) is 9.85. The fourth-order valence-corrected chi connectivity index (χ4v) is 6.12. The van der Waals surface area contributed by atoms with Crippen LogP contribution in [0.5, 0.6) is 0 Å². The predicted octanol–water partition coefficient (Wildman–Crippen LogP) is 6.72. The highest BCUT2D eigenvalue weighted by molar-refractivity contribution is 6.92. The maximum absolute atomic E-state index is 5.01. The quantitative estimate of drug-likeness (QED) is 0.256. The third kappa shape index (κ3) is 3.10. The molecule has 6 aromatic rings. The number of anilines is 2. The lowest BCUT2D eigenvalue weighted by atomic mass is 9.43. The first-order valence-electron chi connectivity index (χ1n) is 13.0. The van der Waals surface area contributed by atoms with Crippen LogP contribution in [0.2, 0.25) is 0 Å². The molecule has 2 aliphatic rings. The van der Waals surface area contributed by atoms with Gasteiger partial charge in [-0.3, -0.25) is 4.98 Å². The third-order valence-electron chi connectivity index (χ3n) is 7.77. The van der Waals surface area contributed by atoms with Gasteiger partial charge in [0.2, 0.25) is 0 Å². The van der Waals surface area contributed by atoms with Gasteiger partial charge in [0.15, 0.2) is 0 Å². The molecule has 0 saturated heterocycles. The number of hydrogen-bond acceptors (Lipinski definition) is 3. The van der Waals surface area contributed by atoms with Crippen molar-refractivity contribution in [3.8, 4) is 44.8 Å². The van der Waals surface area contributed by atoms with Gasteiger partial charge < -0.3 is 4.81 Å². The summed E-state index contributed by atoms with van der Waals surface area (Å²) in [5.41, 5.74) is 14.3.